The van der Waals surface area contributed by atoms with Gasteiger partial charge >= 0.3 is 0 Å². The van der Waals surface area contributed by atoms with E-state index in [0.717, 1.165) is 5.75 Å². The Morgan fingerprint density at radius 1 is 1.18 bits per heavy atom. The Morgan fingerprint density at radius 3 is 2.36 bits per heavy atom. The standard InChI is InChI=1S/C10H12O/c1-3-8-11-10-6-4-9(2)5-7-10/h3-8H,1-2H3/b8-3+. The van der Waals surface area contributed by atoms with Crippen LogP contribution in [0.3, 0.4) is 0 Å². The number of rotatable bonds is 2. The third kappa shape index (κ3) is 2.46. The molecule has 0 aliphatic rings. The van der Waals surface area contributed by atoms with Gasteiger partial charge in [0.2, 0.25) is 0 Å². The molecule has 1 aromatic rings. The van der Waals surface area contributed by atoms with Gasteiger partial charge in [-0.15, -0.1) is 0 Å². The van der Waals surface area contributed by atoms with Crippen LogP contribution in [0.1, 0.15) is 12.5 Å². The highest BCUT2D eigenvalue weighted by molar-refractivity contribution is 5.26. The van der Waals surface area contributed by atoms with Crippen LogP contribution in [0.5, 0.6) is 5.75 Å². The van der Waals surface area contributed by atoms with Crippen LogP contribution in [0.25, 0.3) is 0 Å². The molecule has 0 saturated heterocycles. The van der Waals surface area contributed by atoms with Crippen LogP contribution in [0.4, 0.5) is 0 Å². The summed E-state index contributed by atoms with van der Waals surface area (Å²) >= 11 is 0. The number of benzene rings is 1. The van der Waals surface area contributed by atoms with Gasteiger partial charge in [0.1, 0.15) is 5.75 Å². The van der Waals surface area contributed by atoms with Crippen LogP contribution < -0.4 is 4.74 Å². The number of allylic oxidation sites excluding steroid dienone is 1. The van der Waals surface area contributed by atoms with Gasteiger partial charge in [0.15, 0.2) is 0 Å². The Morgan fingerprint density at radius 2 is 1.82 bits per heavy atom. The van der Waals surface area contributed by atoms with E-state index in [-0.39, 0.29) is 0 Å². The fourth-order valence-electron chi connectivity index (χ4n) is 0.763. The Hall–Kier alpha value is -1.24. The zero-order chi connectivity index (χ0) is 8.10. The van der Waals surface area contributed by atoms with Gasteiger partial charge in [0, 0.05) is 0 Å². The predicted molar refractivity (Wildman–Crippen MR) is 46.6 cm³/mol. The minimum atomic E-state index is 0.883. The molecular formula is C10H12O. The number of aryl methyl sites for hydroxylation is 1. The summed E-state index contributed by atoms with van der Waals surface area (Å²) < 4.78 is 5.23. The van der Waals surface area contributed by atoms with E-state index in [9.17, 15) is 0 Å². The van der Waals surface area contributed by atoms with Crippen molar-refractivity contribution >= 4 is 0 Å². The Labute approximate surface area is 67.3 Å². The first-order valence-corrected chi connectivity index (χ1v) is 3.67. The average molecular weight is 148 g/mol. The van der Waals surface area contributed by atoms with E-state index in [4.69, 9.17) is 4.74 Å². The summed E-state index contributed by atoms with van der Waals surface area (Å²) in [5, 5.41) is 0. The maximum absolute atomic E-state index is 5.23. The van der Waals surface area contributed by atoms with Crippen molar-refractivity contribution in [2.24, 2.45) is 0 Å². The molecule has 0 aromatic heterocycles. The van der Waals surface area contributed by atoms with Crippen LogP contribution >= 0.6 is 0 Å². The van der Waals surface area contributed by atoms with Crippen molar-refractivity contribution in [1.29, 1.82) is 0 Å². The highest BCUT2D eigenvalue weighted by Crippen LogP contribution is 2.11. The molecule has 0 aliphatic heterocycles. The molecule has 11 heavy (non-hydrogen) atoms. The SMILES string of the molecule is C/C=C/Oc1ccc(C)cc1. The molecule has 0 N–H and O–H groups in total. The topological polar surface area (TPSA) is 9.23 Å². The molecule has 0 saturated carbocycles. The summed E-state index contributed by atoms with van der Waals surface area (Å²) in [6.45, 7) is 3.98. The molecule has 58 valence electrons. The molecule has 0 spiro atoms. The summed E-state index contributed by atoms with van der Waals surface area (Å²) in [6, 6.07) is 7.96. The smallest absolute Gasteiger partial charge is 0.126 e. The van der Waals surface area contributed by atoms with Crippen molar-refractivity contribution in [3.63, 3.8) is 0 Å². The molecule has 0 aliphatic carbocycles. The first-order valence-electron chi connectivity index (χ1n) is 3.67. The molecule has 0 unspecified atom stereocenters. The first kappa shape index (κ1) is 7.86. The van der Waals surface area contributed by atoms with Gasteiger partial charge in [-0.2, -0.15) is 0 Å². The van der Waals surface area contributed by atoms with E-state index in [1.54, 1.807) is 6.26 Å². The second kappa shape index (κ2) is 3.81. The zero-order valence-electron chi connectivity index (χ0n) is 6.87. The van der Waals surface area contributed by atoms with Crippen LogP contribution in [0.15, 0.2) is 36.6 Å². The summed E-state index contributed by atoms with van der Waals surface area (Å²) in [7, 11) is 0. The van der Waals surface area contributed by atoms with Crippen LogP contribution in [-0.2, 0) is 0 Å². The maximum atomic E-state index is 5.23. The van der Waals surface area contributed by atoms with Crippen LogP contribution in [0, 0.1) is 6.92 Å². The van der Waals surface area contributed by atoms with Crippen LogP contribution in [0.2, 0.25) is 0 Å². The molecule has 1 aromatic carbocycles. The highest BCUT2D eigenvalue weighted by atomic mass is 16.5. The molecule has 0 atom stereocenters. The molecule has 0 bridgehead atoms. The molecule has 1 heteroatoms. The minimum absolute atomic E-state index is 0.883. The lowest BCUT2D eigenvalue weighted by molar-refractivity contribution is 0.480. The molecule has 0 radical (unpaired) electrons. The molecule has 0 fully saturated rings. The highest BCUT2D eigenvalue weighted by Gasteiger charge is 1.87. The van der Waals surface area contributed by atoms with Gasteiger partial charge in [0.05, 0.1) is 6.26 Å². The summed E-state index contributed by atoms with van der Waals surface area (Å²) in [4.78, 5) is 0. The zero-order valence-corrected chi connectivity index (χ0v) is 6.87. The van der Waals surface area contributed by atoms with Crippen molar-refractivity contribution in [3.8, 4) is 5.75 Å². The predicted octanol–water partition coefficient (Wildman–Crippen LogP) is 2.91. The van der Waals surface area contributed by atoms with E-state index in [0.29, 0.717) is 0 Å². The van der Waals surface area contributed by atoms with Crippen molar-refractivity contribution in [1.82, 2.24) is 0 Å². The third-order valence-electron chi connectivity index (χ3n) is 1.36. The van der Waals surface area contributed by atoms with Crippen molar-refractivity contribution in [3.05, 3.63) is 42.2 Å². The Kier molecular flexibility index (Phi) is 2.73. The molecule has 1 rings (SSSR count). The summed E-state index contributed by atoms with van der Waals surface area (Å²) in [5.41, 5.74) is 1.25. The second-order valence-corrected chi connectivity index (χ2v) is 2.40. The third-order valence-corrected chi connectivity index (χ3v) is 1.36. The minimum Gasteiger partial charge on any atom is -0.465 e. The summed E-state index contributed by atoms with van der Waals surface area (Å²) in [6.07, 6.45) is 3.53. The van der Waals surface area contributed by atoms with E-state index < -0.39 is 0 Å². The van der Waals surface area contributed by atoms with Gasteiger partial charge in [-0.25, -0.2) is 0 Å². The fourth-order valence-corrected chi connectivity index (χ4v) is 0.763. The lowest BCUT2D eigenvalue weighted by atomic mass is 10.2. The summed E-state index contributed by atoms with van der Waals surface area (Å²) in [5.74, 6) is 0.883. The van der Waals surface area contributed by atoms with Gasteiger partial charge < -0.3 is 4.74 Å². The van der Waals surface area contributed by atoms with Gasteiger partial charge in [0.25, 0.3) is 0 Å². The normalized spacial score (nSPS) is 10.4. The van der Waals surface area contributed by atoms with E-state index >= 15 is 0 Å². The monoisotopic (exact) mass is 148 g/mol. The van der Waals surface area contributed by atoms with Gasteiger partial charge in [-0.1, -0.05) is 23.8 Å². The van der Waals surface area contributed by atoms with E-state index in [1.165, 1.54) is 5.56 Å². The Balaban J connectivity index is 2.66. The first-order chi connectivity index (χ1) is 5.33. The number of ether oxygens (including phenoxy) is 1. The molecule has 1 nitrogen and oxygen atoms in total. The lowest BCUT2D eigenvalue weighted by Crippen LogP contribution is -1.80. The maximum Gasteiger partial charge on any atom is 0.126 e. The van der Waals surface area contributed by atoms with Crippen molar-refractivity contribution in [2.75, 3.05) is 0 Å². The molecule has 0 amide bonds. The van der Waals surface area contributed by atoms with Crippen LogP contribution in [-0.4, -0.2) is 0 Å². The van der Waals surface area contributed by atoms with Gasteiger partial charge in [-0.3, -0.25) is 0 Å². The van der Waals surface area contributed by atoms with E-state index in [2.05, 4.69) is 6.92 Å². The average Bonchev–Trinajstić information content (AvgIpc) is 2.04. The molecular weight excluding hydrogens is 136 g/mol. The van der Waals surface area contributed by atoms with Crippen molar-refractivity contribution < 1.29 is 4.74 Å². The fraction of sp³-hybridized carbons (Fsp3) is 0.200. The number of hydrogen-bond donors (Lipinski definition) is 0. The van der Waals surface area contributed by atoms with Gasteiger partial charge in [-0.05, 0) is 26.0 Å². The second-order valence-electron chi connectivity index (χ2n) is 2.40. The van der Waals surface area contributed by atoms with Crippen molar-refractivity contribution in [2.45, 2.75) is 13.8 Å². The Bertz CT molecular complexity index is 234. The number of hydrogen-bond acceptors (Lipinski definition) is 1. The largest absolute Gasteiger partial charge is 0.465 e. The molecule has 0 heterocycles. The van der Waals surface area contributed by atoms with E-state index in [1.807, 2.05) is 37.3 Å². The lowest BCUT2D eigenvalue weighted by Gasteiger charge is -1.98. The quantitative estimate of drug-likeness (QED) is 0.586.